The van der Waals surface area contributed by atoms with Gasteiger partial charge in [0.25, 0.3) is 0 Å². The van der Waals surface area contributed by atoms with Crippen molar-refractivity contribution in [1.29, 1.82) is 0 Å². The van der Waals surface area contributed by atoms with Gasteiger partial charge in [0.2, 0.25) is 0 Å². The smallest absolute Gasteiger partial charge is 0.163 e. The molecule has 3 nitrogen and oxygen atoms in total. The van der Waals surface area contributed by atoms with Crippen molar-refractivity contribution in [2.24, 2.45) is 23.2 Å². The fraction of sp³-hybridized carbons (Fsp3) is 0.895. The number of fused-ring (bicyclic) bond motifs is 1. The zero-order valence-corrected chi connectivity index (χ0v) is 14.6. The first-order valence-corrected chi connectivity index (χ1v) is 8.90. The molecule has 1 saturated heterocycles. The third-order valence-electron chi connectivity index (χ3n) is 7.12. The number of ether oxygens (including phenoxy) is 2. The van der Waals surface area contributed by atoms with Crippen molar-refractivity contribution in [3.63, 3.8) is 0 Å². The van der Waals surface area contributed by atoms with Crippen LogP contribution in [0.3, 0.4) is 0 Å². The molecule has 0 amide bonds. The van der Waals surface area contributed by atoms with Crippen LogP contribution < -0.4 is 0 Å². The quantitative estimate of drug-likeness (QED) is 0.751. The Kier molecular flexibility index (Phi) is 2.88. The molecule has 0 radical (unpaired) electrons. The van der Waals surface area contributed by atoms with Crippen molar-refractivity contribution in [2.45, 2.75) is 83.4 Å². The highest BCUT2D eigenvalue weighted by Crippen LogP contribution is 2.77. The van der Waals surface area contributed by atoms with E-state index in [0.717, 1.165) is 19.3 Å². The van der Waals surface area contributed by atoms with Gasteiger partial charge in [0, 0.05) is 11.3 Å². The van der Waals surface area contributed by atoms with Gasteiger partial charge in [-0.25, -0.2) is 0 Å². The van der Waals surface area contributed by atoms with Crippen LogP contribution in [0.1, 0.15) is 60.3 Å². The second-order valence-electron chi connectivity index (χ2n) is 9.26. The summed E-state index contributed by atoms with van der Waals surface area (Å²) in [6.45, 7) is 10.6. The second-order valence-corrected chi connectivity index (χ2v) is 9.26. The van der Waals surface area contributed by atoms with Crippen molar-refractivity contribution < 1.29 is 14.6 Å². The Bertz CT molecular complexity index is 517. The molecule has 22 heavy (non-hydrogen) atoms. The minimum absolute atomic E-state index is 0.0457. The summed E-state index contributed by atoms with van der Waals surface area (Å²) >= 11 is 0. The van der Waals surface area contributed by atoms with Crippen LogP contribution in [0.4, 0.5) is 0 Å². The first kappa shape index (κ1) is 15.2. The third kappa shape index (κ3) is 1.53. The molecule has 3 aliphatic carbocycles. The molecule has 3 fully saturated rings. The average Bonchev–Trinajstić information content (AvgIpc) is 2.88. The monoisotopic (exact) mass is 306 g/mol. The largest absolute Gasteiger partial charge is 0.387 e. The summed E-state index contributed by atoms with van der Waals surface area (Å²) in [5, 5.41) is 11.4. The SMILES string of the molecule is C[C@H]1CCC=C[C@]23OC(OC(C)(C)C)[C@H]4C[C@H](C[C@@]412)[C@]3(C)O. The number of aliphatic hydroxyl groups is 1. The Balaban J connectivity index is 1.85. The highest BCUT2D eigenvalue weighted by molar-refractivity contribution is 5.36. The van der Waals surface area contributed by atoms with Gasteiger partial charge in [-0.2, -0.15) is 0 Å². The molecule has 4 aliphatic rings. The number of hydrogen-bond donors (Lipinski definition) is 1. The third-order valence-corrected chi connectivity index (χ3v) is 7.12. The first-order valence-electron chi connectivity index (χ1n) is 8.90. The van der Waals surface area contributed by atoms with E-state index in [1.54, 1.807) is 0 Å². The molecular formula is C19H30O3. The lowest BCUT2D eigenvalue weighted by Crippen LogP contribution is -2.60. The van der Waals surface area contributed by atoms with Crippen LogP contribution in [-0.4, -0.2) is 28.2 Å². The predicted molar refractivity (Wildman–Crippen MR) is 85.3 cm³/mol. The lowest BCUT2D eigenvalue weighted by Gasteiger charge is -2.50. The molecule has 0 aromatic heterocycles. The van der Waals surface area contributed by atoms with E-state index in [2.05, 4.69) is 39.8 Å². The van der Waals surface area contributed by atoms with Gasteiger partial charge < -0.3 is 14.6 Å². The van der Waals surface area contributed by atoms with Crippen LogP contribution in [0.15, 0.2) is 12.2 Å². The second kappa shape index (κ2) is 4.17. The molecule has 0 aromatic rings. The molecule has 1 N–H and O–H groups in total. The Morgan fingerprint density at radius 1 is 1.32 bits per heavy atom. The van der Waals surface area contributed by atoms with E-state index in [0.29, 0.717) is 17.8 Å². The van der Waals surface area contributed by atoms with Crippen molar-refractivity contribution in [3.8, 4) is 0 Å². The van der Waals surface area contributed by atoms with Crippen LogP contribution in [0.5, 0.6) is 0 Å². The molecule has 1 spiro atoms. The zero-order chi connectivity index (χ0) is 16.0. The highest BCUT2D eigenvalue weighted by Gasteiger charge is 2.82. The number of hydrogen-bond acceptors (Lipinski definition) is 3. The van der Waals surface area contributed by atoms with Gasteiger partial charge in [-0.05, 0) is 65.2 Å². The number of rotatable bonds is 1. The summed E-state index contributed by atoms with van der Waals surface area (Å²) in [7, 11) is 0. The summed E-state index contributed by atoms with van der Waals surface area (Å²) in [4.78, 5) is 0. The Morgan fingerprint density at radius 2 is 2.05 bits per heavy atom. The van der Waals surface area contributed by atoms with Crippen molar-refractivity contribution in [2.75, 3.05) is 0 Å². The molecule has 2 saturated carbocycles. The molecule has 7 atom stereocenters. The molecule has 3 heteroatoms. The summed E-state index contributed by atoms with van der Waals surface area (Å²) < 4.78 is 12.9. The van der Waals surface area contributed by atoms with Gasteiger partial charge in [-0.3, -0.25) is 0 Å². The lowest BCUT2D eigenvalue weighted by atomic mass is 9.57. The van der Waals surface area contributed by atoms with Crippen molar-refractivity contribution >= 4 is 0 Å². The van der Waals surface area contributed by atoms with E-state index >= 15 is 0 Å². The van der Waals surface area contributed by atoms with E-state index in [9.17, 15) is 5.11 Å². The highest BCUT2D eigenvalue weighted by atomic mass is 16.7. The molecule has 124 valence electrons. The van der Waals surface area contributed by atoms with E-state index in [-0.39, 0.29) is 17.3 Å². The predicted octanol–water partition coefficient (Wildman–Crippen LogP) is 3.66. The minimum atomic E-state index is -0.783. The maximum Gasteiger partial charge on any atom is 0.163 e. The van der Waals surface area contributed by atoms with Gasteiger partial charge in [0.05, 0.1) is 11.2 Å². The Labute approximate surface area is 134 Å². The maximum atomic E-state index is 11.4. The Hall–Kier alpha value is -0.380. The lowest BCUT2D eigenvalue weighted by molar-refractivity contribution is -0.237. The molecule has 2 bridgehead atoms. The number of allylic oxidation sites excluding steroid dienone is 1. The zero-order valence-electron chi connectivity index (χ0n) is 14.6. The minimum Gasteiger partial charge on any atom is -0.387 e. The molecular weight excluding hydrogens is 276 g/mol. The normalized spacial score (nSPS) is 56.3. The van der Waals surface area contributed by atoms with Crippen molar-refractivity contribution in [1.82, 2.24) is 0 Å². The van der Waals surface area contributed by atoms with Gasteiger partial charge >= 0.3 is 0 Å². The topological polar surface area (TPSA) is 38.7 Å². The van der Waals surface area contributed by atoms with E-state index in [4.69, 9.17) is 9.47 Å². The average molecular weight is 306 g/mol. The maximum absolute atomic E-state index is 11.4. The van der Waals surface area contributed by atoms with Gasteiger partial charge in [0.15, 0.2) is 6.29 Å². The van der Waals surface area contributed by atoms with Crippen molar-refractivity contribution in [3.05, 3.63) is 12.2 Å². The molecule has 1 heterocycles. The van der Waals surface area contributed by atoms with Gasteiger partial charge in [0.1, 0.15) is 5.60 Å². The van der Waals surface area contributed by atoms with Crippen LogP contribution in [-0.2, 0) is 9.47 Å². The Morgan fingerprint density at radius 3 is 2.73 bits per heavy atom. The molecule has 0 aromatic carbocycles. The van der Waals surface area contributed by atoms with Gasteiger partial charge in [-0.15, -0.1) is 0 Å². The van der Waals surface area contributed by atoms with Crippen LogP contribution in [0, 0.1) is 23.2 Å². The summed E-state index contributed by atoms with van der Waals surface area (Å²) in [6, 6.07) is 0. The van der Waals surface area contributed by atoms with Crippen LogP contribution in [0.2, 0.25) is 0 Å². The summed E-state index contributed by atoms with van der Waals surface area (Å²) in [5.41, 5.74) is -1.52. The fourth-order valence-electron chi connectivity index (χ4n) is 6.24. The molecule has 1 aliphatic heterocycles. The fourth-order valence-corrected chi connectivity index (χ4v) is 6.24. The molecule has 4 rings (SSSR count). The van der Waals surface area contributed by atoms with E-state index in [1.807, 2.05) is 6.92 Å². The van der Waals surface area contributed by atoms with Gasteiger partial charge in [-0.1, -0.05) is 19.1 Å². The van der Waals surface area contributed by atoms with Crippen LogP contribution in [0.25, 0.3) is 0 Å². The van der Waals surface area contributed by atoms with E-state index in [1.165, 1.54) is 6.42 Å². The molecule has 1 unspecified atom stereocenters. The van der Waals surface area contributed by atoms with E-state index < -0.39 is 11.2 Å². The standard InChI is InChI=1S/C19H30O3/c1-12-8-6-7-9-19-17(5,20)13-10-14(18(12,19)11-13)15(22-19)21-16(2,3)4/h7,9,12-15,20H,6,8,10-11H2,1-5H3/t12-,13+,14+,15?,17-,18-,19+/m0/s1. The van der Waals surface area contributed by atoms with Crippen LogP contribution >= 0.6 is 0 Å². The summed E-state index contributed by atoms with van der Waals surface area (Å²) in [5.74, 6) is 1.30. The first-order chi connectivity index (χ1) is 10.1. The summed E-state index contributed by atoms with van der Waals surface area (Å²) in [6.07, 6.45) is 8.64.